The third kappa shape index (κ3) is 0.865. The Bertz CT molecular complexity index is 19.2. The van der Waals surface area contributed by atoms with E-state index in [1.165, 1.54) is 6.04 Å². The van der Waals surface area contributed by atoms with Gasteiger partial charge in [-0.25, -0.2) is 0 Å². The molecule has 0 saturated carbocycles. The molecule has 3 heteroatoms. The summed E-state index contributed by atoms with van der Waals surface area (Å²) in [6.45, 7) is 1.02. The predicted octanol–water partition coefficient (Wildman–Crippen LogP) is -0.327. The third-order valence-electron chi connectivity index (χ3n) is 0.473. The summed E-state index contributed by atoms with van der Waals surface area (Å²) in [6.07, 6.45) is 0. The van der Waals surface area contributed by atoms with Crippen molar-refractivity contribution >= 4 is 18.3 Å². The van der Waals surface area contributed by atoms with Crippen LogP contribution >= 0.6 is 0 Å². The second kappa shape index (κ2) is 1.74. The van der Waals surface area contributed by atoms with E-state index in [1.807, 2.05) is 0 Å². The van der Waals surface area contributed by atoms with Gasteiger partial charge in [0, 0.05) is 6.61 Å². The van der Waals surface area contributed by atoms with Crippen LogP contribution in [0.4, 0.5) is 0 Å². The largest absolute Gasteiger partial charge is 0.422 e. The van der Waals surface area contributed by atoms with Crippen LogP contribution in [0.15, 0.2) is 0 Å². The van der Waals surface area contributed by atoms with Crippen LogP contribution in [0, 0.1) is 0 Å². The van der Waals surface area contributed by atoms with Gasteiger partial charge < -0.3 is 4.43 Å². The van der Waals surface area contributed by atoms with Crippen LogP contribution < -0.4 is 0 Å². The Kier molecular flexibility index (Phi) is 1.25. The minimum absolute atomic E-state index is 0.836. The maximum absolute atomic E-state index is 4.98. The molecule has 1 rings (SSSR count). The van der Waals surface area contributed by atoms with Gasteiger partial charge in [-0.05, 0) is 6.04 Å². The van der Waals surface area contributed by atoms with Crippen molar-refractivity contribution in [2.75, 3.05) is 6.61 Å². The zero-order valence-corrected chi connectivity index (χ0v) is 4.82. The first-order chi connectivity index (χ1) is 2.50. The molecule has 4 radical (unpaired) electrons. The molecule has 1 nitrogen and oxygen atoms in total. The highest BCUT2D eigenvalue weighted by Gasteiger charge is 1.99. The summed E-state index contributed by atoms with van der Waals surface area (Å²) in [4.78, 5) is 0. The zero-order valence-electron chi connectivity index (χ0n) is 2.82. The molecule has 1 fully saturated rings. The molecule has 1 saturated heterocycles. The highest BCUT2D eigenvalue weighted by molar-refractivity contribution is 6.98. The van der Waals surface area contributed by atoms with Gasteiger partial charge in [-0.2, -0.15) is 0 Å². The van der Waals surface area contributed by atoms with Crippen molar-refractivity contribution in [3.05, 3.63) is 0 Å². The Morgan fingerprint density at radius 3 is 2.80 bits per heavy atom. The van der Waals surface area contributed by atoms with Crippen molar-refractivity contribution < 1.29 is 4.43 Å². The third-order valence-corrected chi connectivity index (χ3v) is 3.04. The van der Waals surface area contributed by atoms with Crippen molar-refractivity contribution in [2.45, 2.75) is 6.04 Å². The molecule has 5 heavy (non-hydrogen) atoms. The summed E-state index contributed by atoms with van der Waals surface area (Å²) in [7, 11) is 1.95. The fraction of sp³-hybridized carbons (Fsp3) is 1.00. The van der Waals surface area contributed by atoms with Crippen molar-refractivity contribution in [2.24, 2.45) is 0 Å². The predicted molar refractivity (Wildman–Crippen MR) is 22.3 cm³/mol. The number of hydrogen-bond acceptors (Lipinski definition) is 1. The Morgan fingerprint density at radius 1 is 1.60 bits per heavy atom. The minimum Gasteiger partial charge on any atom is -0.422 e. The van der Waals surface area contributed by atoms with Crippen molar-refractivity contribution in [3.8, 4) is 0 Å². The van der Waals surface area contributed by atoms with Crippen LogP contribution in [-0.2, 0) is 4.43 Å². The Balaban J connectivity index is 2.08. The van der Waals surface area contributed by atoms with Gasteiger partial charge in [-0.15, -0.1) is 0 Å². The van der Waals surface area contributed by atoms with E-state index in [4.69, 9.17) is 4.43 Å². The van der Waals surface area contributed by atoms with E-state index >= 15 is 0 Å². The van der Waals surface area contributed by atoms with Gasteiger partial charge in [0.2, 0.25) is 9.28 Å². The Morgan fingerprint density at radius 2 is 2.60 bits per heavy atom. The maximum atomic E-state index is 4.98. The molecule has 0 atom stereocenters. The van der Waals surface area contributed by atoms with Crippen LogP contribution in [0.25, 0.3) is 0 Å². The maximum Gasteiger partial charge on any atom is 0.206 e. The second-order valence-electron chi connectivity index (χ2n) is 0.877. The molecule has 0 aliphatic carbocycles. The van der Waals surface area contributed by atoms with E-state index in [2.05, 4.69) is 0 Å². The summed E-state index contributed by atoms with van der Waals surface area (Å²) in [5.74, 6) is 0. The molecular formula is C2H4OSi2. The van der Waals surface area contributed by atoms with Crippen molar-refractivity contribution in [1.82, 2.24) is 0 Å². The Labute approximate surface area is 36.3 Å². The summed E-state index contributed by atoms with van der Waals surface area (Å²) >= 11 is 0. The Hall–Kier alpha value is 0.394. The van der Waals surface area contributed by atoms with E-state index in [1.54, 1.807) is 0 Å². The lowest BCUT2D eigenvalue weighted by Gasteiger charge is -1.76. The lowest BCUT2D eigenvalue weighted by atomic mass is 10.9. The SMILES string of the molecule is C1C[Si][Si]O1. The molecule has 0 amide bonds. The molecule has 1 aliphatic heterocycles. The summed E-state index contributed by atoms with van der Waals surface area (Å²) in [5, 5.41) is 0. The van der Waals surface area contributed by atoms with Gasteiger partial charge in [-0.1, -0.05) is 0 Å². The van der Waals surface area contributed by atoms with Gasteiger partial charge >= 0.3 is 0 Å². The first kappa shape index (κ1) is 3.58. The van der Waals surface area contributed by atoms with E-state index < -0.39 is 0 Å². The quantitative estimate of drug-likeness (QED) is 0.379. The molecule has 0 aromatic heterocycles. The zero-order chi connectivity index (χ0) is 3.54. The minimum atomic E-state index is 0.836. The summed E-state index contributed by atoms with van der Waals surface area (Å²) in [5.41, 5.74) is 0. The van der Waals surface area contributed by atoms with E-state index in [9.17, 15) is 0 Å². The van der Waals surface area contributed by atoms with Crippen LogP contribution in [0.3, 0.4) is 0 Å². The summed E-state index contributed by atoms with van der Waals surface area (Å²) < 4.78 is 4.98. The molecule has 1 heterocycles. The number of rotatable bonds is 0. The first-order valence-corrected chi connectivity index (χ1v) is 4.71. The smallest absolute Gasteiger partial charge is 0.206 e. The first-order valence-electron chi connectivity index (χ1n) is 1.60. The monoisotopic (exact) mass is 100.0 g/mol. The van der Waals surface area contributed by atoms with E-state index in [0.717, 1.165) is 24.9 Å². The van der Waals surface area contributed by atoms with Crippen LogP contribution in [0.2, 0.25) is 6.04 Å². The fourth-order valence-electron chi connectivity index (χ4n) is 0.255. The van der Waals surface area contributed by atoms with Gasteiger partial charge in [0.25, 0.3) is 0 Å². The number of hydrogen-bond donors (Lipinski definition) is 0. The second-order valence-corrected chi connectivity index (χ2v) is 3.90. The molecule has 0 aromatic rings. The highest BCUT2D eigenvalue weighted by Crippen LogP contribution is 1.86. The fourth-order valence-corrected chi connectivity index (χ4v) is 2.30. The van der Waals surface area contributed by atoms with Crippen molar-refractivity contribution in [3.63, 3.8) is 0 Å². The molecule has 26 valence electrons. The molecule has 0 unspecified atom stereocenters. The van der Waals surface area contributed by atoms with Gasteiger partial charge in [-0.3, -0.25) is 0 Å². The normalized spacial score (nSPS) is 24.0. The molecule has 1 aliphatic rings. The topological polar surface area (TPSA) is 9.23 Å². The molecule has 0 N–H and O–H groups in total. The van der Waals surface area contributed by atoms with E-state index in [-0.39, 0.29) is 0 Å². The molecular weight excluding hydrogens is 96.2 g/mol. The molecule has 0 bridgehead atoms. The summed E-state index contributed by atoms with van der Waals surface area (Å²) in [6, 6.07) is 1.32. The van der Waals surface area contributed by atoms with Gasteiger partial charge in [0.05, 0.1) is 9.04 Å². The lowest BCUT2D eigenvalue weighted by Crippen LogP contribution is -1.90. The van der Waals surface area contributed by atoms with Crippen LogP contribution in [0.5, 0.6) is 0 Å². The van der Waals surface area contributed by atoms with Gasteiger partial charge in [0.1, 0.15) is 0 Å². The molecule has 0 aromatic carbocycles. The average Bonchev–Trinajstić information content (AvgIpc) is 1.76. The lowest BCUT2D eigenvalue weighted by molar-refractivity contribution is 0.383. The molecule has 0 spiro atoms. The average molecular weight is 100 g/mol. The highest BCUT2D eigenvalue weighted by atomic mass is 29.2. The van der Waals surface area contributed by atoms with E-state index in [0.29, 0.717) is 0 Å². The van der Waals surface area contributed by atoms with Gasteiger partial charge in [0.15, 0.2) is 0 Å². The van der Waals surface area contributed by atoms with Crippen LogP contribution in [-0.4, -0.2) is 24.9 Å². The standard InChI is InChI=1S/C2H4OSi2/c1-2-4-5-3-1/h1-2H2. The van der Waals surface area contributed by atoms with Crippen LogP contribution in [0.1, 0.15) is 0 Å². The van der Waals surface area contributed by atoms with Crippen molar-refractivity contribution in [1.29, 1.82) is 0 Å².